The maximum Gasteiger partial charge on any atom is 0.328 e. The summed E-state index contributed by atoms with van der Waals surface area (Å²) < 4.78 is 5.20. The lowest BCUT2D eigenvalue weighted by Gasteiger charge is -2.06. The van der Waals surface area contributed by atoms with E-state index in [1.165, 1.54) is 6.08 Å². The Morgan fingerprint density at radius 2 is 2.29 bits per heavy atom. The zero-order chi connectivity index (χ0) is 12.3. The highest BCUT2D eigenvalue weighted by Crippen LogP contribution is 2.25. The first-order valence-electron chi connectivity index (χ1n) is 5.04. The quantitative estimate of drug-likeness (QED) is 0.820. The summed E-state index contributed by atoms with van der Waals surface area (Å²) in [5.41, 5.74) is 1.53. The highest BCUT2D eigenvalue weighted by atomic mass is 16.5. The molecule has 0 bridgehead atoms. The number of aromatic nitrogens is 1. The van der Waals surface area contributed by atoms with E-state index >= 15 is 0 Å². The molecule has 0 fully saturated rings. The molecule has 2 aromatic rings. The third-order valence-corrected chi connectivity index (χ3v) is 2.36. The predicted molar refractivity (Wildman–Crippen MR) is 65.0 cm³/mol. The molecule has 1 N–H and O–H groups in total. The minimum Gasteiger partial charge on any atom is -0.496 e. The number of carboxylic acids is 1. The maximum atomic E-state index is 10.5. The normalized spacial score (nSPS) is 10.9. The molecule has 4 heteroatoms. The number of hydrogen-bond donors (Lipinski definition) is 1. The van der Waals surface area contributed by atoms with E-state index < -0.39 is 5.97 Å². The molecule has 0 saturated heterocycles. The van der Waals surface area contributed by atoms with Crippen molar-refractivity contribution >= 4 is 22.9 Å². The van der Waals surface area contributed by atoms with E-state index in [1.54, 1.807) is 19.4 Å². The molecule has 1 aromatic carbocycles. The summed E-state index contributed by atoms with van der Waals surface area (Å²) >= 11 is 0. The maximum absolute atomic E-state index is 10.5. The molecule has 4 nitrogen and oxygen atoms in total. The Morgan fingerprint density at radius 3 is 3.00 bits per heavy atom. The SMILES string of the molecule is COc1cc2ncccc2cc1/C=C/C(=O)O. The molecule has 0 spiro atoms. The second kappa shape index (κ2) is 4.65. The van der Waals surface area contributed by atoms with Crippen LogP contribution in [0.2, 0.25) is 0 Å². The number of hydrogen-bond acceptors (Lipinski definition) is 3. The van der Waals surface area contributed by atoms with Crippen LogP contribution in [-0.4, -0.2) is 23.2 Å². The molecular formula is C13H11NO3. The van der Waals surface area contributed by atoms with Gasteiger partial charge in [0.1, 0.15) is 5.75 Å². The number of carbonyl (C=O) groups is 1. The molecule has 17 heavy (non-hydrogen) atoms. The zero-order valence-electron chi connectivity index (χ0n) is 9.25. The summed E-state index contributed by atoms with van der Waals surface area (Å²) in [5.74, 6) is -0.382. The number of pyridine rings is 1. The largest absolute Gasteiger partial charge is 0.496 e. The number of methoxy groups -OCH3 is 1. The second-order valence-electron chi connectivity index (χ2n) is 3.46. The monoisotopic (exact) mass is 229 g/mol. The first-order valence-corrected chi connectivity index (χ1v) is 5.04. The molecule has 86 valence electrons. The lowest BCUT2D eigenvalue weighted by atomic mass is 10.1. The number of carboxylic acid groups (broad SMARTS) is 1. The van der Waals surface area contributed by atoms with Gasteiger partial charge in [0.2, 0.25) is 0 Å². The Morgan fingerprint density at radius 1 is 1.47 bits per heavy atom. The van der Waals surface area contributed by atoms with Crippen molar-refractivity contribution in [2.24, 2.45) is 0 Å². The van der Waals surface area contributed by atoms with Crippen molar-refractivity contribution in [2.45, 2.75) is 0 Å². The van der Waals surface area contributed by atoms with Gasteiger partial charge >= 0.3 is 5.97 Å². The number of fused-ring (bicyclic) bond motifs is 1. The molecule has 1 heterocycles. The van der Waals surface area contributed by atoms with Crippen LogP contribution in [0, 0.1) is 0 Å². The van der Waals surface area contributed by atoms with Crippen LogP contribution < -0.4 is 4.74 Å². The molecule has 2 rings (SSSR count). The number of nitrogens with zero attached hydrogens (tertiary/aromatic N) is 1. The van der Waals surface area contributed by atoms with E-state index in [-0.39, 0.29) is 0 Å². The van der Waals surface area contributed by atoms with E-state index in [1.807, 2.05) is 18.2 Å². The molecule has 0 unspecified atom stereocenters. The standard InChI is InChI=1S/C13H11NO3/c1-17-12-8-11-9(3-2-6-14-11)7-10(12)4-5-13(15)16/h2-8H,1H3,(H,15,16)/b5-4+. The zero-order valence-corrected chi connectivity index (χ0v) is 9.25. The fourth-order valence-corrected chi connectivity index (χ4v) is 1.59. The smallest absolute Gasteiger partial charge is 0.328 e. The predicted octanol–water partition coefficient (Wildman–Crippen LogP) is 2.34. The number of benzene rings is 1. The minimum atomic E-state index is -0.988. The summed E-state index contributed by atoms with van der Waals surface area (Å²) in [4.78, 5) is 14.7. The van der Waals surface area contributed by atoms with Gasteiger partial charge in [0, 0.05) is 29.3 Å². The summed E-state index contributed by atoms with van der Waals surface area (Å²) in [6, 6.07) is 7.39. The second-order valence-corrected chi connectivity index (χ2v) is 3.46. The third-order valence-electron chi connectivity index (χ3n) is 2.36. The van der Waals surface area contributed by atoms with Crippen LogP contribution in [-0.2, 0) is 4.79 Å². The van der Waals surface area contributed by atoms with Gasteiger partial charge in [0.25, 0.3) is 0 Å². The average Bonchev–Trinajstić information content (AvgIpc) is 2.35. The van der Waals surface area contributed by atoms with Gasteiger partial charge in [-0.3, -0.25) is 4.98 Å². The lowest BCUT2D eigenvalue weighted by molar-refractivity contribution is -0.131. The van der Waals surface area contributed by atoms with E-state index in [4.69, 9.17) is 9.84 Å². The van der Waals surface area contributed by atoms with E-state index in [0.717, 1.165) is 22.5 Å². The topological polar surface area (TPSA) is 59.4 Å². The first kappa shape index (κ1) is 11.1. The Kier molecular flexibility index (Phi) is 3.05. The van der Waals surface area contributed by atoms with Gasteiger partial charge < -0.3 is 9.84 Å². The molecule has 1 aromatic heterocycles. The van der Waals surface area contributed by atoms with Gasteiger partial charge in [-0.15, -0.1) is 0 Å². The molecule has 0 aliphatic heterocycles. The van der Waals surface area contributed by atoms with Crippen LogP contribution in [0.3, 0.4) is 0 Å². The third kappa shape index (κ3) is 2.42. The Bertz CT molecular complexity index is 590. The summed E-state index contributed by atoms with van der Waals surface area (Å²) in [7, 11) is 1.54. The molecule has 0 aliphatic carbocycles. The summed E-state index contributed by atoms with van der Waals surface area (Å²) in [5, 5.41) is 9.55. The molecule has 0 radical (unpaired) electrons. The minimum absolute atomic E-state index is 0.605. The van der Waals surface area contributed by atoms with Crippen LogP contribution in [0.25, 0.3) is 17.0 Å². The lowest BCUT2D eigenvalue weighted by Crippen LogP contribution is -1.90. The Labute approximate surface area is 98.2 Å². The van der Waals surface area contributed by atoms with Crippen molar-refractivity contribution in [3.8, 4) is 5.75 Å². The molecule has 0 aliphatic rings. The Balaban J connectivity index is 2.56. The highest BCUT2D eigenvalue weighted by Gasteiger charge is 2.03. The van der Waals surface area contributed by atoms with Crippen LogP contribution in [0.1, 0.15) is 5.56 Å². The van der Waals surface area contributed by atoms with Gasteiger partial charge in [-0.1, -0.05) is 6.07 Å². The first-order chi connectivity index (χ1) is 8.20. The van der Waals surface area contributed by atoms with Gasteiger partial charge in [0.05, 0.1) is 12.6 Å². The van der Waals surface area contributed by atoms with E-state index in [2.05, 4.69) is 4.98 Å². The molecule has 0 atom stereocenters. The number of aliphatic carboxylic acids is 1. The van der Waals surface area contributed by atoms with Crippen molar-refractivity contribution in [3.05, 3.63) is 42.1 Å². The van der Waals surface area contributed by atoms with Crippen LogP contribution in [0.5, 0.6) is 5.75 Å². The number of ether oxygens (including phenoxy) is 1. The van der Waals surface area contributed by atoms with Gasteiger partial charge in [-0.25, -0.2) is 4.79 Å². The summed E-state index contributed by atoms with van der Waals surface area (Å²) in [6.45, 7) is 0. The van der Waals surface area contributed by atoms with Crippen molar-refractivity contribution in [3.63, 3.8) is 0 Å². The molecule has 0 saturated carbocycles. The Hall–Kier alpha value is -2.36. The van der Waals surface area contributed by atoms with Gasteiger partial charge in [0.15, 0.2) is 0 Å². The van der Waals surface area contributed by atoms with E-state index in [0.29, 0.717) is 5.75 Å². The molecule has 0 amide bonds. The van der Waals surface area contributed by atoms with Crippen LogP contribution in [0.4, 0.5) is 0 Å². The summed E-state index contributed by atoms with van der Waals surface area (Å²) in [6.07, 6.45) is 4.29. The van der Waals surface area contributed by atoms with Crippen LogP contribution in [0.15, 0.2) is 36.5 Å². The van der Waals surface area contributed by atoms with Gasteiger partial charge in [-0.2, -0.15) is 0 Å². The fourth-order valence-electron chi connectivity index (χ4n) is 1.59. The fraction of sp³-hybridized carbons (Fsp3) is 0.0769. The average molecular weight is 229 g/mol. The van der Waals surface area contributed by atoms with Crippen molar-refractivity contribution in [1.29, 1.82) is 0 Å². The van der Waals surface area contributed by atoms with Crippen molar-refractivity contribution in [2.75, 3.05) is 7.11 Å². The number of rotatable bonds is 3. The highest BCUT2D eigenvalue weighted by molar-refractivity contribution is 5.89. The molecular weight excluding hydrogens is 218 g/mol. The van der Waals surface area contributed by atoms with Crippen LogP contribution >= 0.6 is 0 Å². The van der Waals surface area contributed by atoms with E-state index in [9.17, 15) is 4.79 Å². The van der Waals surface area contributed by atoms with Crippen molar-refractivity contribution < 1.29 is 14.6 Å². The van der Waals surface area contributed by atoms with Gasteiger partial charge in [-0.05, 0) is 18.2 Å². The van der Waals surface area contributed by atoms with Crippen molar-refractivity contribution in [1.82, 2.24) is 4.98 Å².